The van der Waals surface area contributed by atoms with Gasteiger partial charge in [0.25, 0.3) is 11.6 Å². The summed E-state index contributed by atoms with van der Waals surface area (Å²) >= 11 is 5.62. The molecule has 0 bridgehead atoms. The van der Waals surface area contributed by atoms with Gasteiger partial charge in [0, 0.05) is 17.8 Å². The van der Waals surface area contributed by atoms with Crippen molar-refractivity contribution in [3.05, 3.63) is 68.7 Å². The molecule has 0 aliphatic heterocycles. The number of nitrogens with one attached hydrogen (secondary N) is 1. The van der Waals surface area contributed by atoms with Crippen molar-refractivity contribution in [3.8, 4) is 0 Å². The summed E-state index contributed by atoms with van der Waals surface area (Å²) < 4.78 is 30.5. The van der Waals surface area contributed by atoms with Crippen LogP contribution in [-0.4, -0.2) is 23.4 Å². The van der Waals surface area contributed by atoms with Crippen LogP contribution in [0.1, 0.15) is 10.4 Å². The Bertz CT molecular complexity index is 860. The number of hydrogen-bond acceptors (Lipinski definition) is 5. The minimum Gasteiger partial charge on any atom is -0.452 e. The molecule has 0 spiro atoms. The first-order valence-electron chi connectivity index (χ1n) is 6.64. The third-order valence-corrected chi connectivity index (χ3v) is 3.24. The predicted molar refractivity (Wildman–Crippen MR) is 83.4 cm³/mol. The lowest BCUT2D eigenvalue weighted by molar-refractivity contribution is -0.384. The maximum Gasteiger partial charge on any atom is 0.338 e. The second-order valence-electron chi connectivity index (χ2n) is 4.68. The molecule has 0 atom stereocenters. The van der Waals surface area contributed by atoms with Gasteiger partial charge in [-0.3, -0.25) is 14.9 Å². The number of ether oxygens (including phenoxy) is 1. The minimum atomic E-state index is -1.15. The molecule has 0 saturated heterocycles. The molecule has 0 radical (unpaired) electrons. The standard InChI is InChI=1S/C15H9ClF2N2O5/c16-10-3-1-8(5-13(10)20(23)24)15(22)25-7-14(21)19-9-2-4-11(17)12(18)6-9/h1-6H,7H2,(H,19,21). The molecule has 130 valence electrons. The number of carbonyl (C=O) groups excluding carboxylic acids is 2. The summed E-state index contributed by atoms with van der Waals surface area (Å²) in [6, 6.07) is 5.97. The number of esters is 1. The number of carbonyl (C=O) groups is 2. The summed E-state index contributed by atoms with van der Waals surface area (Å²) in [6.45, 7) is -0.728. The van der Waals surface area contributed by atoms with Crippen molar-refractivity contribution in [3.63, 3.8) is 0 Å². The Kier molecular flexibility index (Phi) is 5.60. The molecular weight excluding hydrogens is 362 g/mol. The Labute approximate surface area is 144 Å². The molecule has 0 aliphatic rings. The molecule has 2 aromatic carbocycles. The van der Waals surface area contributed by atoms with Crippen LogP contribution in [0.2, 0.25) is 5.02 Å². The highest BCUT2D eigenvalue weighted by molar-refractivity contribution is 6.32. The number of nitro groups is 1. The largest absolute Gasteiger partial charge is 0.452 e. The van der Waals surface area contributed by atoms with E-state index in [-0.39, 0.29) is 16.3 Å². The lowest BCUT2D eigenvalue weighted by Gasteiger charge is -2.07. The van der Waals surface area contributed by atoms with Gasteiger partial charge >= 0.3 is 5.97 Å². The predicted octanol–water partition coefficient (Wildman–Crippen LogP) is 3.32. The van der Waals surface area contributed by atoms with Crippen LogP contribution in [0.5, 0.6) is 0 Å². The van der Waals surface area contributed by atoms with Crippen LogP contribution in [0, 0.1) is 21.7 Å². The van der Waals surface area contributed by atoms with Gasteiger partial charge < -0.3 is 10.1 Å². The number of amides is 1. The number of nitro benzene ring substituents is 1. The fourth-order valence-corrected chi connectivity index (χ4v) is 1.95. The van der Waals surface area contributed by atoms with E-state index in [1.807, 2.05) is 0 Å². The SMILES string of the molecule is O=C(COC(=O)c1ccc(Cl)c([N+](=O)[O-])c1)Nc1ccc(F)c(F)c1. The molecule has 7 nitrogen and oxygen atoms in total. The third-order valence-electron chi connectivity index (χ3n) is 2.92. The summed E-state index contributed by atoms with van der Waals surface area (Å²) in [6.07, 6.45) is 0. The maximum atomic E-state index is 13.0. The van der Waals surface area contributed by atoms with Gasteiger partial charge in [0.2, 0.25) is 0 Å². The number of benzene rings is 2. The number of anilines is 1. The average molecular weight is 371 g/mol. The van der Waals surface area contributed by atoms with Gasteiger partial charge in [-0.1, -0.05) is 11.6 Å². The first-order chi connectivity index (χ1) is 11.8. The van der Waals surface area contributed by atoms with E-state index in [0.29, 0.717) is 0 Å². The topological polar surface area (TPSA) is 98.5 Å². The highest BCUT2D eigenvalue weighted by Crippen LogP contribution is 2.25. The summed E-state index contributed by atoms with van der Waals surface area (Å²) in [5.41, 5.74) is -0.679. The molecule has 0 saturated carbocycles. The maximum absolute atomic E-state index is 13.0. The van der Waals surface area contributed by atoms with E-state index in [0.717, 1.165) is 30.3 Å². The van der Waals surface area contributed by atoms with Crippen LogP contribution in [-0.2, 0) is 9.53 Å². The van der Waals surface area contributed by atoms with Gasteiger partial charge in [0.1, 0.15) is 5.02 Å². The number of rotatable bonds is 5. The van der Waals surface area contributed by atoms with Gasteiger partial charge in [-0.25, -0.2) is 13.6 Å². The van der Waals surface area contributed by atoms with Crippen LogP contribution >= 0.6 is 11.6 Å². The zero-order valence-corrected chi connectivity index (χ0v) is 13.0. The van der Waals surface area contributed by atoms with Crippen LogP contribution < -0.4 is 5.32 Å². The van der Waals surface area contributed by atoms with E-state index in [1.165, 1.54) is 6.07 Å². The Morgan fingerprint density at radius 3 is 2.52 bits per heavy atom. The quantitative estimate of drug-likeness (QED) is 0.494. The van der Waals surface area contributed by atoms with Crippen molar-refractivity contribution < 1.29 is 28.0 Å². The molecule has 2 aromatic rings. The first-order valence-corrected chi connectivity index (χ1v) is 7.01. The first kappa shape index (κ1) is 18.3. The summed E-state index contributed by atoms with van der Waals surface area (Å²) in [4.78, 5) is 33.4. The molecule has 0 unspecified atom stereocenters. The highest BCUT2D eigenvalue weighted by atomic mass is 35.5. The molecule has 25 heavy (non-hydrogen) atoms. The van der Waals surface area contributed by atoms with Crippen molar-refractivity contribution in [2.24, 2.45) is 0 Å². The van der Waals surface area contributed by atoms with E-state index >= 15 is 0 Å². The van der Waals surface area contributed by atoms with Crippen LogP contribution in [0.25, 0.3) is 0 Å². The number of nitrogens with zero attached hydrogens (tertiary/aromatic N) is 1. The summed E-state index contributed by atoms with van der Waals surface area (Å²) in [5.74, 6) is -4.01. The van der Waals surface area contributed by atoms with Crippen molar-refractivity contribution in [2.75, 3.05) is 11.9 Å². The molecule has 0 heterocycles. The van der Waals surface area contributed by atoms with E-state index in [2.05, 4.69) is 5.32 Å². The minimum absolute atomic E-state index is 0.0259. The van der Waals surface area contributed by atoms with Crippen LogP contribution in [0.15, 0.2) is 36.4 Å². The Morgan fingerprint density at radius 2 is 1.88 bits per heavy atom. The van der Waals surface area contributed by atoms with E-state index in [1.54, 1.807) is 0 Å². The molecule has 10 heteroatoms. The third kappa shape index (κ3) is 4.70. The van der Waals surface area contributed by atoms with Gasteiger partial charge in [-0.15, -0.1) is 0 Å². The molecule has 2 rings (SSSR count). The molecule has 1 N–H and O–H groups in total. The van der Waals surface area contributed by atoms with Crippen LogP contribution in [0.4, 0.5) is 20.2 Å². The lowest BCUT2D eigenvalue weighted by Crippen LogP contribution is -2.21. The normalized spacial score (nSPS) is 10.2. The molecule has 0 aromatic heterocycles. The van der Waals surface area contributed by atoms with Crippen molar-refractivity contribution in [1.82, 2.24) is 0 Å². The monoisotopic (exact) mass is 370 g/mol. The zero-order chi connectivity index (χ0) is 18.6. The smallest absolute Gasteiger partial charge is 0.338 e. The second-order valence-corrected chi connectivity index (χ2v) is 5.08. The highest BCUT2D eigenvalue weighted by Gasteiger charge is 2.18. The van der Waals surface area contributed by atoms with Gasteiger partial charge in [0.15, 0.2) is 18.2 Å². The second kappa shape index (κ2) is 7.67. The Balaban J connectivity index is 1.97. The molecule has 0 fully saturated rings. The summed E-state index contributed by atoms with van der Waals surface area (Å²) in [5, 5.41) is 12.8. The van der Waals surface area contributed by atoms with E-state index in [4.69, 9.17) is 16.3 Å². The Hall–Kier alpha value is -3.07. The summed E-state index contributed by atoms with van der Waals surface area (Å²) in [7, 11) is 0. The average Bonchev–Trinajstić information content (AvgIpc) is 2.56. The molecule has 0 aliphatic carbocycles. The molecular formula is C15H9ClF2N2O5. The fourth-order valence-electron chi connectivity index (χ4n) is 1.76. The van der Waals surface area contributed by atoms with E-state index in [9.17, 15) is 28.5 Å². The Morgan fingerprint density at radius 1 is 1.16 bits per heavy atom. The van der Waals surface area contributed by atoms with Crippen molar-refractivity contribution in [1.29, 1.82) is 0 Å². The van der Waals surface area contributed by atoms with E-state index < -0.39 is 40.7 Å². The van der Waals surface area contributed by atoms with Gasteiger partial charge in [-0.2, -0.15) is 0 Å². The van der Waals surface area contributed by atoms with Gasteiger partial charge in [0.05, 0.1) is 10.5 Å². The lowest BCUT2D eigenvalue weighted by atomic mass is 10.2. The van der Waals surface area contributed by atoms with Gasteiger partial charge in [-0.05, 0) is 24.3 Å². The zero-order valence-electron chi connectivity index (χ0n) is 12.3. The molecule has 1 amide bonds. The number of halogens is 3. The fraction of sp³-hybridized carbons (Fsp3) is 0.0667. The van der Waals surface area contributed by atoms with Crippen molar-refractivity contribution >= 4 is 34.9 Å². The number of hydrogen-bond donors (Lipinski definition) is 1. The van der Waals surface area contributed by atoms with Crippen molar-refractivity contribution in [2.45, 2.75) is 0 Å². The van der Waals surface area contributed by atoms with Crippen LogP contribution in [0.3, 0.4) is 0 Å².